The fraction of sp³-hybridized carbons (Fsp3) is 0.318. The minimum absolute atomic E-state index is 0.158. The predicted molar refractivity (Wildman–Crippen MR) is 106 cm³/mol. The van der Waals surface area contributed by atoms with Gasteiger partial charge in [-0.25, -0.2) is 0 Å². The molecule has 1 aliphatic heterocycles. The number of furan rings is 1. The Morgan fingerprint density at radius 2 is 1.64 bits per heavy atom. The van der Waals surface area contributed by atoms with Gasteiger partial charge < -0.3 is 4.42 Å². The van der Waals surface area contributed by atoms with Crippen LogP contribution >= 0.6 is 15.9 Å². The van der Waals surface area contributed by atoms with Gasteiger partial charge in [-0.3, -0.25) is 9.59 Å². The minimum atomic E-state index is -0.225. The molecule has 140 valence electrons. The van der Waals surface area contributed by atoms with Gasteiger partial charge in [0.1, 0.15) is 11.5 Å². The summed E-state index contributed by atoms with van der Waals surface area (Å²) in [6.45, 7) is 0. The fourth-order valence-electron chi connectivity index (χ4n) is 5.48. The lowest BCUT2D eigenvalue weighted by Gasteiger charge is -2.18. The molecule has 3 aliphatic carbocycles. The summed E-state index contributed by atoms with van der Waals surface area (Å²) in [5.74, 6) is 0.883. The Morgan fingerprint density at radius 3 is 2.25 bits per heavy atom. The molecule has 6 rings (SSSR count). The average molecular weight is 437 g/mol. The van der Waals surface area contributed by atoms with Gasteiger partial charge in [0.15, 0.2) is 0 Å². The van der Waals surface area contributed by atoms with Gasteiger partial charge in [0.05, 0.1) is 18.1 Å². The number of nitrogens with zero attached hydrogens (tertiary/aromatic N) is 2. The standard InChI is InChI=1S/C22H17BrN2O3/c23-13-3-1-12(2-4-13)17-8-5-14(28-17)11-24-25-20(26)18-15-6-7-16(19(18)21(25)27)22(15)9-10-22/h1-8,11,15-16,18-19H,9-10H2/b24-11-/t15-,16-,18-,19+/m0/s1. The molecular formula is C22H17BrN2O3. The van der Waals surface area contributed by atoms with Crippen LogP contribution < -0.4 is 0 Å². The van der Waals surface area contributed by atoms with Crippen LogP contribution in [0.4, 0.5) is 0 Å². The van der Waals surface area contributed by atoms with E-state index in [1.54, 1.807) is 6.07 Å². The number of benzene rings is 1. The van der Waals surface area contributed by atoms with Crippen LogP contribution in [-0.4, -0.2) is 23.0 Å². The predicted octanol–water partition coefficient (Wildman–Crippen LogP) is 4.24. The van der Waals surface area contributed by atoms with Crippen LogP contribution in [0.3, 0.4) is 0 Å². The SMILES string of the molecule is O=C1[C@@H]2[C@H](C(=O)N1/N=C\c1ccc(-c3ccc(Br)cc3)o1)[C@@H]1C=C[C@@H]2C12CC2. The summed E-state index contributed by atoms with van der Waals surface area (Å²) in [7, 11) is 0. The number of carbonyl (C=O) groups is 2. The average Bonchev–Trinajstić information content (AvgIpc) is 2.97. The van der Waals surface area contributed by atoms with E-state index >= 15 is 0 Å². The molecule has 0 N–H and O–H groups in total. The molecule has 3 fully saturated rings. The van der Waals surface area contributed by atoms with E-state index in [4.69, 9.17) is 4.42 Å². The van der Waals surface area contributed by atoms with Crippen molar-refractivity contribution in [1.82, 2.24) is 5.01 Å². The van der Waals surface area contributed by atoms with E-state index in [-0.39, 0.29) is 40.9 Å². The molecule has 4 atom stereocenters. The van der Waals surface area contributed by atoms with Crippen molar-refractivity contribution in [3.05, 3.63) is 58.8 Å². The first-order chi connectivity index (χ1) is 13.6. The zero-order valence-corrected chi connectivity index (χ0v) is 16.5. The molecule has 2 saturated carbocycles. The van der Waals surface area contributed by atoms with Crippen molar-refractivity contribution in [3.8, 4) is 11.3 Å². The minimum Gasteiger partial charge on any atom is -0.455 e. The maximum atomic E-state index is 12.9. The Bertz CT molecular complexity index is 1030. The summed E-state index contributed by atoms with van der Waals surface area (Å²) in [5.41, 5.74) is 1.15. The highest BCUT2D eigenvalue weighted by Crippen LogP contribution is 2.73. The highest BCUT2D eigenvalue weighted by Gasteiger charge is 2.73. The molecular weight excluding hydrogens is 420 g/mol. The van der Waals surface area contributed by atoms with Gasteiger partial charge >= 0.3 is 0 Å². The first kappa shape index (κ1) is 16.5. The van der Waals surface area contributed by atoms with Gasteiger partial charge in [-0.15, -0.1) is 0 Å². The van der Waals surface area contributed by atoms with E-state index in [0.29, 0.717) is 11.5 Å². The number of amides is 2. The zero-order chi connectivity index (χ0) is 19.0. The Balaban J connectivity index is 1.24. The van der Waals surface area contributed by atoms with Crippen molar-refractivity contribution in [2.24, 2.45) is 34.2 Å². The molecule has 2 aromatic rings. The number of allylic oxidation sites excluding steroid dienone is 2. The summed E-state index contributed by atoms with van der Waals surface area (Å²) >= 11 is 3.42. The molecule has 6 heteroatoms. The number of rotatable bonds is 3. The van der Waals surface area contributed by atoms with Gasteiger partial charge in [0, 0.05) is 10.0 Å². The van der Waals surface area contributed by atoms with E-state index in [1.165, 1.54) is 6.21 Å². The molecule has 2 heterocycles. The Kier molecular flexibility index (Phi) is 3.26. The Morgan fingerprint density at radius 1 is 1.00 bits per heavy atom. The fourth-order valence-corrected chi connectivity index (χ4v) is 5.75. The number of fused-ring (bicyclic) bond motifs is 3. The molecule has 2 bridgehead atoms. The van der Waals surface area contributed by atoms with Crippen molar-refractivity contribution >= 4 is 34.0 Å². The first-order valence-corrected chi connectivity index (χ1v) is 10.3. The summed E-state index contributed by atoms with van der Waals surface area (Å²) in [6.07, 6.45) is 8.05. The summed E-state index contributed by atoms with van der Waals surface area (Å²) in [5, 5.41) is 5.27. The quantitative estimate of drug-likeness (QED) is 0.410. The van der Waals surface area contributed by atoms with Crippen molar-refractivity contribution in [2.45, 2.75) is 12.8 Å². The van der Waals surface area contributed by atoms with Crippen molar-refractivity contribution in [3.63, 3.8) is 0 Å². The lowest BCUT2D eigenvalue weighted by molar-refractivity contribution is -0.141. The summed E-state index contributed by atoms with van der Waals surface area (Å²) < 4.78 is 6.80. The summed E-state index contributed by atoms with van der Waals surface area (Å²) in [6, 6.07) is 11.4. The molecule has 2 amide bonds. The monoisotopic (exact) mass is 436 g/mol. The number of hydrazone groups is 1. The molecule has 1 spiro atoms. The lowest BCUT2D eigenvalue weighted by Crippen LogP contribution is -2.30. The van der Waals surface area contributed by atoms with Crippen LogP contribution in [0.1, 0.15) is 18.6 Å². The smallest absolute Gasteiger partial charge is 0.254 e. The Hall–Kier alpha value is -2.47. The molecule has 4 aliphatic rings. The highest BCUT2D eigenvalue weighted by atomic mass is 79.9. The third kappa shape index (κ3) is 2.09. The number of hydrogen-bond donors (Lipinski definition) is 0. The Labute approximate surface area is 170 Å². The number of imide groups is 1. The number of carbonyl (C=O) groups excluding carboxylic acids is 2. The van der Waals surface area contributed by atoms with E-state index in [0.717, 1.165) is 27.9 Å². The molecule has 5 nitrogen and oxygen atoms in total. The van der Waals surface area contributed by atoms with Crippen molar-refractivity contribution in [2.75, 3.05) is 0 Å². The van der Waals surface area contributed by atoms with Gasteiger partial charge in [-0.05, 0) is 54.4 Å². The van der Waals surface area contributed by atoms with Crippen LogP contribution in [0.2, 0.25) is 0 Å². The molecule has 0 unspecified atom stereocenters. The van der Waals surface area contributed by atoms with E-state index in [2.05, 4.69) is 33.2 Å². The third-order valence-corrected chi connectivity index (χ3v) is 7.41. The van der Waals surface area contributed by atoms with Crippen LogP contribution in [0, 0.1) is 29.1 Å². The topological polar surface area (TPSA) is 62.9 Å². The molecule has 28 heavy (non-hydrogen) atoms. The number of halogens is 1. The van der Waals surface area contributed by atoms with Crippen LogP contribution in [-0.2, 0) is 9.59 Å². The molecule has 1 aromatic carbocycles. The van der Waals surface area contributed by atoms with Crippen LogP contribution in [0.15, 0.2) is 62.5 Å². The van der Waals surface area contributed by atoms with Gasteiger partial charge in [-0.2, -0.15) is 10.1 Å². The second-order valence-electron chi connectivity index (χ2n) is 8.16. The maximum Gasteiger partial charge on any atom is 0.254 e. The normalized spacial score (nSPS) is 31.5. The first-order valence-electron chi connectivity index (χ1n) is 9.54. The lowest BCUT2D eigenvalue weighted by atomic mass is 9.85. The van der Waals surface area contributed by atoms with Gasteiger partial charge in [0.2, 0.25) is 0 Å². The second kappa shape index (κ2) is 5.54. The van der Waals surface area contributed by atoms with Gasteiger partial charge in [-0.1, -0.05) is 40.2 Å². The number of hydrogen-bond acceptors (Lipinski definition) is 4. The van der Waals surface area contributed by atoms with E-state index < -0.39 is 0 Å². The molecule has 0 radical (unpaired) electrons. The van der Waals surface area contributed by atoms with Crippen LogP contribution in [0.5, 0.6) is 0 Å². The van der Waals surface area contributed by atoms with Crippen molar-refractivity contribution in [1.29, 1.82) is 0 Å². The molecule has 1 saturated heterocycles. The molecule has 1 aromatic heterocycles. The third-order valence-electron chi connectivity index (χ3n) is 6.89. The van der Waals surface area contributed by atoms with Crippen molar-refractivity contribution < 1.29 is 14.0 Å². The van der Waals surface area contributed by atoms with E-state index in [9.17, 15) is 9.59 Å². The van der Waals surface area contributed by atoms with Gasteiger partial charge in [0.25, 0.3) is 11.8 Å². The highest BCUT2D eigenvalue weighted by molar-refractivity contribution is 9.10. The summed E-state index contributed by atoms with van der Waals surface area (Å²) in [4.78, 5) is 25.8. The second-order valence-corrected chi connectivity index (χ2v) is 9.08. The van der Waals surface area contributed by atoms with Crippen LogP contribution in [0.25, 0.3) is 11.3 Å². The van der Waals surface area contributed by atoms with E-state index in [1.807, 2.05) is 30.3 Å². The maximum absolute atomic E-state index is 12.9. The zero-order valence-electron chi connectivity index (χ0n) is 14.9. The largest absolute Gasteiger partial charge is 0.455 e.